The first-order chi connectivity index (χ1) is 14.2. The molecule has 30 heavy (non-hydrogen) atoms. The molecule has 1 saturated heterocycles. The van der Waals surface area contributed by atoms with Crippen molar-refractivity contribution in [2.75, 3.05) is 30.8 Å². The lowest BCUT2D eigenvalue weighted by Gasteiger charge is -2.32. The molecule has 164 valence electrons. The summed E-state index contributed by atoms with van der Waals surface area (Å²) >= 11 is 0. The number of rotatable bonds is 7. The van der Waals surface area contributed by atoms with E-state index in [0.717, 1.165) is 42.9 Å². The second kappa shape index (κ2) is 9.31. The molecule has 0 bridgehead atoms. The quantitative estimate of drug-likeness (QED) is 0.671. The Kier molecular flexibility index (Phi) is 6.98. The molecule has 0 spiro atoms. The highest BCUT2D eigenvalue weighted by Gasteiger charge is 2.30. The number of hydrogen-bond acceptors (Lipinski definition) is 4. The van der Waals surface area contributed by atoms with E-state index in [0.29, 0.717) is 25.3 Å². The van der Waals surface area contributed by atoms with Crippen LogP contribution >= 0.6 is 0 Å². The van der Waals surface area contributed by atoms with Crippen LogP contribution in [0.2, 0.25) is 0 Å². The van der Waals surface area contributed by atoms with Crippen LogP contribution in [0.5, 0.6) is 0 Å². The predicted octanol–water partition coefficient (Wildman–Crippen LogP) is 3.54. The Morgan fingerprint density at radius 2 is 1.80 bits per heavy atom. The molecule has 1 fully saturated rings. The summed E-state index contributed by atoms with van der Waals surface area (Å²) in [4.78, 5) is 19.9. The molecular weight excluding hydrogens is 400 g/mol. The number of para-hydroxylation sites is 1. The fraction of sp³-hybridized carbons (Fsp3) is 0.545. The van der Waals surface area contributed by atoms with Gasteiger partial charge in [-0.15, -0.1) is 0 Å². The number of aromatic nitrogens is 2. The zero-order chi connectivity index (χ0) is 21.9. The number of aryl methyl sites for hydroxylation is 1. The molecule has 0 saturated carbocycles. The van der Waals surface area contributed by atoms with Gasteiger partial charge in [-0.2, -0.15) is 0 Å². The number of sulfonamides is 1. The second-order valence-corrected chi connectivity index (χ2v) is 9.98. The van der Waals surface area contributed by atoms with E-state index >= 15 is 0 Å². The van der Waals surface area contributed by atoms with E-state index in [2.05, 4.69) is 16.5 Å². The summed E-state index contributed by atoms with van der Waals surface area (Å²) in [6.07, 6.45) is 4.62. The summed E-state index contributed by atoms with van der Waals surface area (Å²) in [5.41, 5.74) is 2.22. The molecule has 0 atom stereocenters. The third kappa shape index (κ3) is 4.75. The van der Waals surface area contributed by atoms with Gasteiger partial charge in [-0.3, -0.25) is 4.79 Å². The van der Waals surface area contributed by atoms with Crippen molar-refractivity contribution in [3.63, 3.8) is 0 Å². The maximum atomic E-state index is 13.5. The van der Waals surface area contributed by atoms with Crippen LogP contribution in [-0.2, 0) is 10.0 Å². The number of carbonyl (C=O) groups excluding carboxylic acids is 1. The summed E-state index contributed by atoms with van der Waals surface area (Å²) in [5, 5.41) is 0. The van der Waals surface area contributed by atoms with Crippen LogP contribution in [0, 0.1) is 13.8 Å². The molecule has 1 aliphatic heterocycles. The highest BCUT2D eigenvalue weighted by molar-refractivity contribution is 7.88. The fourth-order valence-electron chi connectivity index (χ4n) is 4.23. The minimum atomic E-state index is -3.16. The van der Waals surface area contributed by atoms with E-state index < -0.39 is 10.0 Å². The molecule has 1 aromatic heterocycles. The van der Waals surface area contributed by atoms with Gasteiger partial charge in [-0.1, -0.05) is 31.5 Å². The lowest BCUT2D eigenvalue weighted by Crippen LogP contribution is -2.38. The Labute approximate surface area is 179 Å². The van der Waals surface area contributed by atoms with Crippen LogP contribution in [0.1, 0.15) is 60.7 Å². The van der Waals surface area contributed by atoms with Crippen molar-refractivity contribution in [1.82, 2.24) is 13.9 Å². The van der Waals surface area contributed by atoms with E-state index in [1.807, 2.05) is 49.1 Å². The van der Waals surface area contributed by atoms with Crippen LogP contribution in [0.15, 0.2) is 30.3 Å². The molecule has 0 aliphatic carbocycles. The smallest absolute Gasteiger partial charge is 0.278 e. The molecule has 1 amide bonds. The second-order valence-electron chi connectivity index (χ2n) is 8.00. The predicted molar refractivity (Wildman–Crippen MR) is 119 cm³/mol. The average molecular weight is 433 g/mol. The third-order valence-corrected chi connectivity index (χ3v) is 7.14. The van der Waals surface area contributed by atoms with Crippen LogP contribution in [0.25, 0.3) is 0 Å². The summed E-state index contributed by atoms with van der Waals surface area (Å²) in [6, 6.07) is 9.87. The van der Waals surface area contributed by atoms with E-state index in [-0.39, 0.29) is 11.9 Å². The molecule has 0 N–H and O–H groups in total. The highest BCUT2D eigenvalue weighted by atomic mass is 32.2. The lowest BCUT2D eigenvalue weighted by molar-refractivity contribution is 0.0981. The summed E-state index contributed by atoms with van der Waals surface area (Å²) in [6.45, 7) is 7.62. The van der Waals surface area contributed by atoms with Gasteiger partial charge in [0, 0.05) is 37.1 Å². The molecule has 1 aliphatic rings. The van der Waals surface area contributed by atoms with Crippen molar-refractivity contribution in [2.24, 2.45) is 0 Å². The van der Waals surface area contributed by atoms with Gasteiger partial charge in [-0.05, 0) is 45.2 Å². The largest absolute Gasteiger partial charge is 0.329 e. The number of nitrogens with zero attached hydrogens (tertiary/aromatic N) is 4. The van der Waals surface area contributed by atoms with Crippen LogP contribution in [0.4, 0.5) is 5.69 Å². The average Bonchev–Trinajstić information content (AvgIpc) is 3.02. The van der Waals surface area contributed by atoms with Gasteiger partial charge in [-0.25, -0.2) is 17.7 Å². The number of piperidine rings is 1. The number of imidazole rings is 1. The molecule has 0 unspecified atom stereocenters. The van der Waals surface area contributed by atoms with Gasteiger partial charge in [0.05, 0.1) is 6.26 Å². The van der Waals surface area contributed by atoms with Gasteiger partial charge in [0.15, 0.2) is 0 Å². The summed E-state index contributed by atoms with van der Waals surface area (Å²) in [7, 11) is -3.16. The summed E-state index contributed by atoms with van der Waals surface area (Å²) in [5.74, 6) is 0.722. The van der Waals surface area contributed by atoms with E-state index in [1.54, 1.807) is 0 Å². The molecule has 2 heterocycles. The Morgan fingerprint density at radius 3 is 2.37 bits per heavy atom. The van der Waals surface area contributed by atoms with E-state index in [4.69, 9.17) is 0 Å². The lowest BCUT2D eigenvalue weighted by atomic mass is 10.1. The number of amides is 1. The summed E-state index contributed by atoms with van der Waals surface area (Å²) < 4.78 is 27.3. The van der Waals surface area contributed by atoms with Gasteiger partial charge in [0.1, 0.15) is 11.5 Å². The monoisotopic (exact) mass is 432 g/mol. The minimum Gasteiger partial charge on any atom is -0.329 e. The minimum absolute atomic E-state index is 0.0810. The molecular formula is C22H32N4O3S. The topological polar surface area (TPSA) is 75.5 Å². The maximum absolute atomic E-state index is 13.5. The van der Waals surface area contributed by atoms with Crippen LogP contribution in [-0.4, -0.2) is 54.1 Å². The number of unbranched alkanes of at least 4 members (excludes halogenated alkanes) is 1. The van der Waals surface area contributed by atoms with Crippen molar-refractivity contribution in [2.45, 2.75) is 52.5 Å². The van der Waals surface area contributed by atoms with Gasteiger partial charge in [0.25, 0.3) is 5.91 Å². The van der Waals surface area contributed by atoms with E-state index in [9.17, 15) is 13.2 Å². The van der Waals surface area contributed by atoms with Crippen molar-refractivity contribution in [1.29, 1.82) is 0 Å². The first kappa shape index (κ1) is 22.5. The van der Waals surface area contributed by atoms with Crippen molar-refractivity contribution < 1.29 is 13.2 Å². The number of carbonyl (C=O) groups is 1. The Balaban J connectivity index is 1.86. The molecule has 3 rings (SSSR count). The first-order valence-corrected chi connectivity index (χ1v) is 12.5. The zero-order valence-electron chi connectivity index (χ0n) is 18.3. The zero-order valence-corrected chi connectivity index (χ0v) is 19.2. The van der Waals surface area contributed by atoms with Gasteiger partial charge < -0.3 is 9.47 Å². The van der Waals surface area contributed by atoms with Gasteiger partial charge in [0.2, 0.25) is 10.0 Å². The normalized spacial score (nSPS) is 16.0. The Hall–Kier alpha value is -2.19. The number of hydrogen-bond donors (Lipinski definition) is 0. The first-order valence-electron chi connectivity index (χ1n) is 10.6. The van der Waals surface area contributed by atoms with Crippen LogP contribution in [0.3, 0.4) is 0 Å². The van der Waals surface area contributed by atoms with Gasteiger partial charge >= 0.3 is 0 Å². The maximum Gasteiger partial charge on any atom is 0.278 e. The van der Waals surface area contributed by atoms with E-state index in [1.165, 1.54) is 10.6 Å². The Morgan fingerprint density at radius 1 is 1.17 bits per heavy atom. The highest BCUT2D eigenvalue weighted by Crippen LogP contribution is 2.29. The molecule has 8 heteroatoms. The SMILES string of the molecule is CCCCN(C(=O)c1nc(C)n(C2CCN(S(C)(=O)=O)CC2)c1C)c1ccccc1. The molecule has 2 aromatic rings. The number of benzene rings is 1. The third-order valence-electron chi connectivity index (χ3n) is 5.83. The van der Waals surface area contributed by atoms with Crippen molar-refractivity contribution >= 4 is 21.6 Å². The number of anilines is 1. The fourth-order valence-corrected chi connectivity index (χ4v) is 5.10. The van der Waals surface area contributed by atoms with Crippen molar-refractivity contribution in [3.8, 4) is 0 Å². The van der Waals surface area contributed by atoms with Crippen LogP contribution < -0.4 is 4.90 Å². The molecule has 0 radical (unpaired) electrons. The van der Waals surface area contributed by atoms with Crippen molar-refractivity contribution in [3.05, 3.63) is 47.5 Å². The standard InChI is InChI=1S/C22H32N4O3S/c1-5-6-14-25(19-10-8-7-9-11-19)22(27)21-17(2)26(18(3)23-21)20-12-15-24(16-13-20)30(4,28)29/h7-11,20H,5-6,12-16H2,1-4H3. The Bertz CT molecular complexity index is 977. The molecule has 7 nitrogen and oxygen atoms in total. The molecule has 1 aromatic carbocycles.